The van der Waals surface area contributed by atoms with Crippen molar-refractivity contribution < 1.29 is 9.66 Å². The summed E-state index contributed by atoms with van der Waals surface area (Å²) in [4.78, 5) is 13.9. The van der Waals surface area contributed by atoms with E-state index in [4.69, 9.17) is 4.74 Å². The van der Waals surface area contributed by atoms with E-state index in [1.54, 1.807) is 7.11 Å². The molecule has 1 aromatic rings. The number of hydrogen-bond donors (Lipinski definition) is 1. The largest absolute Gasteiger partial charge is 0.383 e. The topological polar surface area (TPSA) is 67.6 Å². The van der Waals surface area contributed by atoms with Gasteiger partial charge in [-0.2, -0.15) is 0 Å². The minimum absolute atomic E-state index is 0.200. The number of likely N-dealkylation sites (N-methyl/N-ethyl adjacent to an activating group) is 1. The second kappa shape index (κ2) is 6.82. The average molecular weight is 359 g/mol. The highest BCUT2D eigenvalue weighted by Crippen LogP contribution is 2.56. The molecular formula is C20H29N3O3. The summed E-state index contributed by atoms with van der Waals surface area (Å²) < 4.78 is 5.10. The molecule has 0 aromatic heterocycles. The zero-order chi connectivity index (χ0) is 18.3. The molecule has 6 nitrogen and oxygen atoms in total. The van der Waals surface area contributed by atoms with Gasteiger partial charge in [0.15, 0.2) is 0 Å². The van der Waals surface area contributed by atoms with Crippen molar-refractivity contribution in [2.45, 2.75) is 50.0 Å². The highest BCUT2D eigenvalue weighted by Gasteiger charge is 2.53. The van der Waals surface area contributed by atoms with Gasteiger partial charge < -0.3 is 15.0 Å². The molecule has 0 radical (unpaired) electrons. The Balaban J connectivity index is 1.80. The Labute approximate surface area is 155 Å². The van der Waals surface area contributed by atoms with Crippen molar-refractivity contribution in [3.8, 4) is 0 Å². The zero-order valence-corrected chi connectivity index (χ0v) is 15.8. The predicted octanol–water partition coefficient (Wildman–Crippen LogP) is 3.34. The molecule has 1 saturated carbocycles. The van der Waals surface area contributed by atoms with E-state index in [1.165, 1.54) is 43.2 Å². The first-order valence-electron chi connectivity index (χ1n) is 9.81. The predicted molar refractivity (Wildman–Crippen MR) is 102 cm³/mol. The Morgan fingerprint density at radius 2 is 2.23 bits per heavy atom. The molecule has 2 fully saturated rings. The van der Waals surface area contributed by atoms with E-state index >= 15 is 0 Å². The van der Waals surface area contributed by atoms with E-state index < -0.39 is 0 Å². The summed E-state index contributed by atoms with van der Waals surface area (Å²) in [6.07, 6.45) is 7.22. The molecular weight excluding hydrogens is 330 g/mol. The number of rotatable bonds is 5. The number of methoxy groups -OCH3 is 1. The molecule has 2 aliphatic carbocycles. The van der Waals surface area contributed by atoms with E-state index in [2.05, 4.69) is 23.3 Å². The van der Waals surface area contributed by atoms with Crippen LogP contribution in [0.4, 0.5) is 11.4 Å². The molecule has 1 aliphatic heterocycles. The minimum atomic E-state index is -0.250. The van der Waals surface area contributed by atoms with Gasteiger partial charge in [-0.05, 0) is 62.4 Å². The fraction of sp³-hybridized carbons (Fsp3) is 0.700. The summed E-state index contributed by atoms with van der Waals surface area (Å²) in [6, 6.07) is 4.50. The number of nitrogens with zero attached hydrogens (tertiary/aromatic N) is 2. The first-order chi connectivity index (χ1) is 12.6. The van der Waals surface area contributed by atoms with Gasteiger partial charge in [-0.1, -0.05) is 12.8 Å². The quantitative estimate of drug-likeness (QED) is 0.496. The van der Waals surface area contributed by atoms with Gasteiger partial charge in [-0.3, -0.25) is 10.1 Å². The molecule has 0 spiro atoms. The Kier molecular flexibility index (Phi) is 4.65. The van der Waals surface area contributed by atoms with Gasteiger partial charge in [0.25, 0.3) is 5.69 Å². The summed E-state index contributed by atoms with van der Waals surface area (Å²) >= 11 is 0. The number of piperidine rings is 1. The number of nitro benzene ring substituents is 1. The highest BCUT2D eigenvalue weighted by atomic mass is 16.6. The SMILES string of the molecule is COCCNc1cc2c(cc1[N+](=O)[O-])C[C@@H]1[C@@H]3CCCCC23CCN1C. The van der Waals surface area contributed by atoms with Crippen LogP contribution in [0.3, 0.4) is 0 Å². The molecule has 3 atom stereocenters. The maximum Gasteiger partial charge on any atom is 0.292 e. The molecule has 1 saturated heterocycles. The first kappa shape index (κ1) is 17.7. The van der Waals surface area contributed by atoms with Crippen molar-refractivity contribution >= 4 is 11.4 Å². The van der Waals surface area contributed by atoms with Gasteiger partial charge in [0.1, 0.15) is 5.69 Å². The van der Waals surface area contributed by atoms with Gasteiger partial charge in [0.2, 0.25) is 0 Å². The average Bonchev–Trinajstić information content (AvgIpc) is 2.64. The monoisotopic (exact) mass is 359 g/mol. The summed E-state index contributed by atoms with van der Waals surface area (Å²) in [7, 11) is 3.87. The van der Waals surface area contributed by atoms with Crippen molar-refractivity contribution in [1.29, 1.82) is 0 Å². The van der Waals surface area contributed by atoms with Crippen LogP contribution < -0.4 is 5.32 Å². The van der Waals surface area contributed by atoms with Gasteiger partial charge >= 0.3 is 0 Å². The number of anilines is 1. The van der Waals surface area contributed by atoms with E-state index in [0.29, 0.717) is 30.8 Å². The number of fused-ring (bicyclic) bond motifs is 1. The van der Waals surface area contributed by atoms with Crippen LogP contribution in [0.2, 0.25) is 0 Å². The van der Waals surface area contributed by atoms with Gasteiger partial charge in [0, 0.05) is 31.2 Å². The number of likely N-dealkylation sites (tertiary alicyclic amines) is 1. The van der Waals surface area contributed by atoms with Crippen LogP contribution in [0.25, 0.3) is 0 Å². The normalized spacial score (nSPS) is 30.4. The maximum absolute atomic E-state index is 11.7. The number of nitrogens with one attached hydrogen (secondary N) is 1. The fourth-order valence-corrected chi connectivity index (χ4v) is 5.82. The van der Waals surface area contributed by atoms with Crippen LogP contribution in [-0.2, 0) is 16.6 Å². The van der Waals surface area contributed by atoms with Crippen LogP contribution in [0.1, 0.15) is 43.2 Å². The molecule has 1 N–H and O–H groups in total. The van der Waals surface area contributed by atoms with Crippen molar-refractivity contribution in [3.05, 3.63) is 33.4 Å². The van der Waals surface area contributed by atoms with Crippen LogP contribution in [-0.4, -0.2) is 49.7 Å². The molecule has 1 aromatic carbocycles. The van der Waals surface area contributed by atoms with Gasteiger partial charge in [-0.15, -0.1) is 0 Å². The Bertz CT molecular complexity index is 708. The van der Waals surface area contributed by atoms with Crippen molar-refractivity contribution in [1.82, 2.24) is 4.90 Å². The van der Waals surface area contributed by atoms with Crippen LogP contribution >= 0.6 is 0 Å². The molecule has 0 amide bonds. The van der Waals surface area contributed by atoms with Crippen molar-refractivity contribution in [2.24, 2.45) is 5.92 Å². The second-order valence-corrected chi connectivity index (χ2v) is 8.21. The molecule has 26 heavy (non-hydrogen) atoms. The Hall–Kier alpha value is -1.66. The van der Waals surface area contributed by atoms with Crippen molar-refractivity contribution in [3.63, 3.8) is 0 Å². The smallest absolute Gasteiger partial charge is 0.292 e. The third-order valence-corrected chi connectivity index (χ3v) is 7.04. The summed E-state index contributed by atoms with van der Waals surface area (Å²) in [5.41, 5.74) is 3.66. The third-order valence-electron chi connectivity index (χ3n) is 7.04. The highest BCUT2D eigenvalue weighted by molar-refractivity contribution is 5.66. The van der Waals surface area contributed by atoms with Gasteiger partial charge in [-0.25, -0.2) is 0 Å². The lowest BCUT2D eigenvalue weighted by atomic mass is 9.52. The number of nitro groups is 1. The van der Waals surface area contributed by atoms with E-state index in [9.17, 15) is 10.1 Å². The van der Waals surface area contributed by atoms with Crippen LogP contribution in [0.15, 0.2) is 12.1 Å². The van der Waals surface area contributed by atoms with Crippen LogP contribution in [0.5, 0.6) is 0 Å². The fourth-order valence-electron chi connectivity index (χ4n) is 5.82. The van der Waals surface area contributed by atoms with E-state index in [1.807, 2.05) is 6.07 Å². The Morgan fingerprint density at radius 3 is 3.00 bits per heavy atom. The molecule has 2 bridgehead atoms. The lowest BCUT2D eigenvalue weighted by Gasteiger charge is -2.58. The second-order valence-electron chi connectivity index (χ2n) is 8.21. The summed E-state index contributed by atoms with van der Waals surface area (Å²) in [5.74, 6) is 0.691. The van der Waals surface area contributed by atoms with E-state index in [0.717, 1.165) is 13.0 Å². The van der Waals surface area contributed by atoms with Crippen LogP contribution in [0, 0.1) is 16.0 Å². The zero-order valence-electron chi connectivity index (χ0n) is 15.8. The molecule has 6 heteroatoms. The number of ether oxygens (including phenoxy) is 1. The molecule has 3 aliphatic rings. The summed E-state index contributed by atoms with van der Waals surface area (Å²) in [6.45, 7) is 2.25. The minimum Gasteiger partial charge on any atom is -0.383 e. The van der Waals surface area contributed by atoms with E-state index in [-0.39, 0.29) is 16.0 Å². The molecule has 4 rings (SSSR count). The Morgan fingerprint density at radius 1 is 1.38 bits per heavy atom. The molecule has 142 valence electrons. The standard InChI is InChI=1S/C20H29N3O3/c1-22-9-7-20-6-4-3-5-15(20)18(22)11-14-12-19(23(24)25)17(13-16(14)20)21-8-10-26-2/h12-13,15,18,21H,3-11H2,1-2H3/t15-,18+,20?/m0/s1. The van der Waals surface area contributed by atoms with Crippen molar-refractivity contribution in [2.75, 3.05) is 39.2 Å². The number of hydrogen-bond acceptors (Lipinski definition) is 5. The molecule has 1 unspecified atom stereocenters. The van der Waals surface area contributed by atoms with Gasteiger partial charge in [0.05, 0.1) is 11.5 Å². The lowest BCUT2D eigenvalue weighted by Crippen LogP contribution is -2.59. The molecule has 1 heterocycles. The third kappa shape index (κ3) is 2.70. The summed E-state index contributed by atoms with van der Waals surface area (Å²) in [5, 5.41) is 14.9. The maximum atomic E-state index is 11.7. The number of benzene rings is 1. The lowest BCUT2D eigenvalue weighted by molar-refractivity contribution is -0.384. The first-order valence-corrected chi connectivity index (χ1v) is 9.81.